The quantitative estimate of drug-likeness (QED) is 0.579. The lowest BCUT2D eigenvalue weighted by Crippen LogP contribution is -2.41. The molecule has 4 atom stereocenters. The van der Waals surface area contributed by atoms with E-state index in [0.717, 1.165) is 6.42 Å². The maximum Gasteiger partial charge on any atom is 0.0833 e. The number of ether oxygens (including phenoxy) is 2. The van der Waals surface area contributed by atoms with Crippen LogP contribution in [-0.4, -0.2) is 25.4 Å². The summed E-state index contributed by atoms with van der Waals surface area (Å²) in [5.41, 5.74) is 0. The molecule has 1 aliphatic heterocycles. The van der Waals surface area contributed by atoms with Crippen LogP contribution in [-0.2, 0) is 9.47 Å². The highest BCUT2D eigenvalue weighted by molar-refractivity contribution is 4.79. The molecule has 1 rings (SSSR count). The van der Waals surface area contributed by atoms with Gasteiger partial charge in [0.1, 0.15) is 0 Å². The van der Waals surface area contributed by atoms with Gasteiger partial charge in [-0.3, -0.25) is 0 Å². The van der Waals surface area contributed by atoms with Gasteiger partial charge in [0.15, 0.2) is 0 Å². The molecule has 2 nitrogen and oxygen atoms in total. The molecule has 1 aliphatic rings. The van der Waals surface area contributed by atoms with E-state index in [4.69, 9.17) is 9.47 Å². The van der Waals surface area contributed by atoms with Crippen molar-refractivity contribution in [3.05, 3.63) is 0 Å². The highest BCUT2D eigenvalue weighted by atomic mass is 16.5. The molecule has 11 heavy (non-hydrogen) atoms. The molecule has 0 N–H and O–H groups in total. The van der Waals surface area contributed by atoms with E-state index >= 15 is 0 Å². The maximum absolute atomic E-state index is 5.68. The minimum Gasteiger partial charge on any atom is -0.379 e. The average molecular weight is 158 g/mol. The van der Waals surface area contributed by atoms with Crippen molar-refractivity contribution in [2.24, 2.45) is 5.92 Å². The summed E-state index contributed by atoms with van der Waals surface area (Å²) in [5, 5.41) is 0. The second-order valence-corrected chi connectivity index (χ2v) is 3.53. The fraction of sp³-hybridized carbons (Fsp3) is 1.00. The van der Waals surface area contributed by atoms with Gasteiger partial charge in [0.05, 0.1) is 18.3 Å². The van der Waals surface area contributed by atoms with E-state index in [1.807, 2.05) is 0 Å². The fourth-order valence-electron chi connectivity index (χ4n) is 1.60. The lowest BCUT2D eigenvalue weighted by molar-refractivity contribution is -0.137. The molecule has 0 radical (unpaired) electrons. The molecule has 0 amide bonds. The largest absolute Gasteiger partial charge is 0.379 e. The van der Waals surface area contributed by atoms with Crippen molar-refractivity contribution in [2.45, 2.75) is 45.5 Å². The number of hydrogen-bond donors (Lipinski definition) is 0. The average Bonchev–Trinajstić information content (AvgIpc) is 1.97. The molecule has 0 spiro atoms. The first-order valence-electron chi connectivity index (χ1n) is 4.33. The molecule has 0 aliphatic carbocycles. The molecule has 1 heterocycles. The Hall–Kier alpha value is -0.0800. The first-order chi connectivity index (χ1) is 5.15. The third-order valence-corrected chi connectivity index (χ3v) is 2.66. The van der Waals surface area contributed by atoms with Crippen molar-refractivity contribution < 1.29 is 9.47 Å². The van der Waals surface area contributed by atoms with Crippen LogP contribution in [0.1, 0.15) is 27.2 Å². The lowest BCUT2D eigenvalue weighted by atomic mass is 9.92. The Balaban J connectivity index is 2.48. The van der Waals surface area contributed by atoms with Crippen LogP contribution in [0.5, 0.6) is 0 Å². The summed E-state index contributed by atoms with van der Waals surface area (Å²) >= 11 is 0. The van der Waals surface area contributed by atoms with Crippen LogP contribution in [0.4, 0.5) is 0 Å². The highest BCUT2D eigenvalue weighted by Crippen LogP contribution is 2.25. The van der Waals surface area contributed by atoms with Gasteiger partial charge >= 0.3 is 0 Å². The summed E-state index contributed by atoms with van der Waals surface area (Å²) in [7, 11) is 1.76. The van der Waals surface area contributed by atoms with Crippen LogP contribution in [0.25, 0.3) is 0 Å². The van der Waals surface area contributed by atoms with Crippen molar-refractivity contribution >= 4 is 0 Å². The van der Waals surface area contributed by atoms with Crippen molar-refractivity contribution in [3.8, 4) is 0 Å². The molecular formula is C9H18O2. The molecule has 1 fully saturated rings. The van der Waals surface area contributed by atoms with E-state index in [2.05, 4.69) is 20.8 Å². The summed E-state index contributed by atoms with van der Waals surface area (Å²) in [6.07, 6.45) is 2.06. The van der Waals surface area contributed by atoms with Gasteiger partial charge in [0, 0.05) is 7.11 Å². The van der Waals surface area contributed by atoms with E-state index in [0.29, 0.717) is 18.1 Å². The Morgan fingerprint density at radius 2 is 1.82 bits per heavy atom. The van der Waals surface area contributed by atoms with E-state index in [1.165, 1.54) is 0 Å². The zero-order chi connectivity index (χ0) is 8.43. The molecular weight excluding hydrogens is 140 g/mol. The van der Waals surface area contributed by atoms with Gasteiger partial charge in [-0.15, -0.1) is 0 Å². The normalized spacial score (nSPS) is 45.8. The van der Waals surface area contributed by atoms with E-state index < -0.39 is 0 Å². The van der Waals surface area contributed by atoms with E-state index in [9.17, 15) is 0 Å². The number of hydrogen-bond acceptors (Lipinski definition) is 2. The molecule has 0 bridgehead atoms. The fourth-order valence-corrected chi connectivity index (χ4v) is 1.60. The highest BCUT2D eigenvalue weighted by Gasteiger charge is 2.30. The predicted octanol–water partition coefficient (Wildman–Crippen LogP) is 1.83. The second-order valence-electron chi connectivity index (χ2n) is 3.53. The summed E-state index contributed by atoms with van der Waals surface area (Å²) in [6.45, 7) is 6.42. The van der Waals surface area contributed by atoms with Gasteiger partial charge in [-0.25, -0.2) is 0 Å². The van der Waals surface area contributed by atoms with Gasteiger partial charge < -0.3 is 9.47 Å². The molecule has 0 saturated carbocycles. The smallest absolute Gasteiger partial charge is 0.0833 e. The monoisotopic (exact) mass is 158 g/mol. The Labute approximate surface area is 68.9 Å². The first-order valence-corrected chi connectivity index (χ1v) is 4.33. The minimum absolute atomic E-state index is 0.256. The molecule has 0 aromatic carbocycles. The van der Waals surface area contributed by atoms with Gasteiger partial charge in [-0.1, -0.05) is 6.92 Å². The van der Waals surface area contributed by atoms with Crippen molar-refractivity contribution in [3.63, 3.8) is 0 Å². The number of rotatable bonds is 1. The second kappa shape index (κ2) is 3.55. The van der Waals surface area contributed by atoms with E-state index in [-0.39, 0.29) is 6.10 Å². The topological polar surface area (TPSA) is 18.5 Å². The molecule has 66 valence electrons. The SMILES string of the molecule is COC1C[C@@H](C)C(C)O[C@H]1C. The van der Waals surface area contributed by atoms with Gasteiger partial charge in [0.25, 0.3) is 0 Å². The van der Waals surface area contributed by atoms with Crippen LogP contribution >= 0.6 is 0 Å². The summed E-state index contributed by atoms with van der Waals surface area (Å²) in [5.74, 6) is 0.621. The zero-order valence-electron chi connectivity index (χ0n) is 7.83. The Morgan fingerprint density at radius 3 is 2.36 bits per heavy atom. The van der Waals surface area contributed by atoms with Crippen molar-refractivity contribution in [1.82, 2.24) is 0 Å². The van der Waals surface area contributed by atoms with Crippen molar-refractivity contribution in [1.29, 1.82) is 0 Å². The Bertz CT molecular complexity index is 125. The van der Waals surface area contributed by atoms with Crippen molar-refractivity contribution in [2.75, 3.05) is 7.11 Å². The van der Waals surface area contributed by atoms with Gasteiger partial charge in [0.2, 0.25) is 0 Å². The zero-order valence-corrected chi connectivity index (χ0v) is 7.83. The van der Waals surface area contributed by atoms with E-state index in [1.54, 1.807) is 7.11 Å². The molecule has 0 aromatic rings. The standard InChI is InChI=1S/C9H18O2/c1-6-5-9(10-4)8(3)11-7(6)2/h6-9H,5H2,1-4H3/t6-,7?,8+,9?/m1/s1. The molecule has 0 aromatic heterocycles. The summed E-state index contributed by atoms with van der Waals surface area (Å²) in [4.78, 5) is 0. The number of methoxy groups -OCH3 is 1. The maximum atomic E-state index is 5.68. The minimum atomic E-state index is 0.256. The predicted molar refractivity (Wildman–Crippen MR) is 44.6 cm³/mol. The molecule has 1 saturated heterocycles. The molecule has 2 heteroatoms. The summed E-state index contributed by atoms with van der Waals surface area (Å²) < 4.78 is 11.0. The van der Waals surface area contributed by atoms with Gasteiger partial charge in [-0.05, 0) is 26.2 Å². The van der Waals surface area contributed by atoms with Crippen LogP contribution in [0.2, 0.25) is 0 Å². The lowest BCUT2D eigenvalue weighted by Gasteiger charge is -2.36. The Morgan fingerprint density at radius 1 is 1.18 bits per heavy atom. The van der Waals surface area contributed by atoms with Crippen LogP contribution in [0.3, 0.4) is 0 Å². The van der Waals surface area contributed by atoms with Crippen LogP contribution in [0.15, 0.2) is 0 Å². The Kier molecular flexibility index (Phi) is 2.90. The van der Waals surface area contributed by atoms with Crippen LogP contribution in [0, 0.1) is 5.92 Å². The third-order valence-electron chi connectivity index (χ3n) is 2.66. The molecule has 2 unspecified atom stereocenters. The summed E-state index contributed by atoms with van der Waals surface area (Å²) in [6, 6.07) is 0. The van der Waals surface area contributed by atoms with Crippen LogP contribution < -0.4 is 0 Å². The first kappa shape index (κ1) is 9.01. The van der Waals surface area contributed by atoms with Gasteiger partial charge in [-0.2, -0.15) is 0 Å². The third kappa shape index (κ3) is 1.94.